The molecule has 0 aliphatic carbocycles. The standard InChI is InChI=1S/C14H8Cl5NO2/c15-7-3-11(18)14(12(19)4-7)20-13(21)6-22-8-1-2-9(16)10(17)5-8/h1-5H,6H2,(H,20,21). The summed E-state index contributed by atoms with van der Waals surface area (Å²) in [5.41, 5.74) is 0.274. The van der Waals surface area contributed by atoms with Gasteiger partial charge in [-0.2, -0.15) is 0 Å². The zero-order chi connectivity index (χ0) is 16.3. The number of ether oxygens (including phenoxy) is 1. The Morgan fingerprint density at radius 1 is 0.909 bits per heavy atom. The summed E-state index contributed by atoms with van der Waals surface area (Å²) in [5, 5.41) is 4.14. The van der Waals surface area contributed by atoms with Gasteiger partial charge in [-0.05, 0) is 24.3 Å². The number of benzene rings is 2. The topological polar surface area (TPSA) is 38.3 Å². The third-order valence-electron chi connectivity index (χ3n) is 2.53. The molecule has 22 heavy (non-hydrogen) atoms. The van der Waals surface area contributed by atoms with E-state index in [1.54, 1.807) is 12.1 Å². The minimum atomic E-state index is -0.433. The molecule has 0 saturated carbocycles. The second-order valence-electron chi connectivity index (χ2n) is 4.16. The average Bonchev–Trinajstić information content (AvgIpc) is 2.44. The van der Waals surface area contributed by atoms with Gasteiger partial charge in [0.2, 0.25) is 0 Å². The average molecular weight is 399 g/mol. The Hall–Kier alpha value is -0.840. The Morgan fingerprint density at radius 3 is 2.14 bits per heavy atom. The molecular weight excluding hydrogens is 391 g/mol. The van der Waals surface area contributed by atoms with Crippen LogP contribution in [0, 0.1) is 0 Å². The van der Waals surface area contributed by atoms with Crippen LogP contribution in [-0.4, -0.2) is 12.5 Å². The summed E-state index contributed by atoms with van der Waals surface area (Å²) in [5.74, 6) is -0.0185. The number of hydrogen-bond donors (Lipinski definition) is 1. The predicted molar refractivity (Wildman–Crippen MR) is 92.1 cm³/mol. The molecule has 2 aromatic carbocycles. The van der Waals surface area contributed by atoms with Gasteiger partial charge in [-0.1, -0.05) is 58.0 Å². The first-order valence-corrected chi connectivity index (χ1v) is 7.78. The minimum absolute atomic E-state index is 0.236. The van der Waals surface area contributed by atoms with E-state index < -0.39 is 5.91 Å². The van der Waals surface area contributed by atoms with Crippen molar-refractivity contribution in [1.82, 2.24) is 0 Å². The van der Waals surface area contributed by atoms with Crippen molar-refractivity contribution < 1.29 is 9.53 Å². The Morgan fingerprint density at radius 2 is 1.55 bits per heavy atom. The second kappa shape index (κ2) is 7.62. The molecule has 3 nitrogen and oxygen atoms in total. The molecule has 0 aromatic heterocycles. The van der Waals surface area contributed by atoms with E-state index in [4.69, 9.17) is 62.7 Å². The van der Waals surface area contributed by atoms with Gasteiger partial charge < -0.3 is 10.1 Å². The van der Waals surface area contributed by atoms with Gasteiger partial charge in [0.15, 0.2) is 6.61 Å². The maximum atomic E-state index is 11.9. The molecule has 0 spiro atoms. The fourth-order valence-corrected chi connectivity index (χ4v) is 2.75. The summed E-state index contributed by atoms with van der Waals surface area (Å²) in [4.78, 5) is 11.9. The highest BCUT2D eigenvalue weighted by Gasteiger charge is 2.12. The molecule has 0 fully saturated rings. The van der Waals surface area contributed by atoms with Gasteiger partial charge >= 0.3 is 0 Å². The first-order valence-electron chi connectivity index (χ1n) is 5.89. The number of halogens is 5. The van der Waals surface area contributed by atoms with E-state index in [1.165, 1.54) is 18.2 Å². The van der Waals surface area contributed by atoms with Crippen molar-refractivity contribution in [2.24, 2.45) is 0 Å². The third kappa shape index (κ3) is 4.58. The Balaban J connectivity index is 2.00. The Bertz CT molecular complexity index is 697. The van der Waals surface area contributed by atoms with Crippen molar-refractivity contribution in [3.05, 3.63) is 55.4 Å². The fourth-order valence-electron chi connectivity index (χ4n) is 1.55. The molecule has 1 amide bonds. The van der Waals surface area contributed by atoms with Gasteiger partial charge in [0.25, 0.3) is 5.91 Å². The number of carbonyl (C=O) groups is 1. The van der Waals surface area contributed by atoms with Gasteiger partial charge in [-0.15, -0.1) is 0 Å². The zero-order valence-electron chi connectivity index (χ0n) is 10.8. The fraction of sp³-hybridized carbons (Fsp3) is 0.0714. The largest absolute Gasteiger partial charge is 0.484 e. The van der Waals surface area contributed by atoms with E-state index in [0.717, 1.165) is 0 Å². The SMILES string of the molecule is O=C(COc1ccc(Cl)c(Cl)c1)Nc1c(Cl)cc(Cl)cc1Cl. The molecule has 2 aromatic rings. The molecule has 0 aliphatic rings. The lowest BCUT2D eigenvalue weighted by atomic mass is 10.3. The molecule has 116 valence electrons. The van der Waals surface area contributed by atoms with Crippen LogP contribution < -0.4 is 10.1 Å². The summed E-state index contributed by atoms with van der Waals surface area (Å²) in [6.07, 6.45) is 0. The summed E-state index contributed by atoms with van der Waals surface area (Å²) in [6.45, 7) is -0.243. The lowest BCUT2D eigenvalue weighted by molar-refractivity contribution is -0.118. The normalized spacial score (nSPS) is 10.4. The van der Waals surface area contributed by atoms with Crippen LogP contribution in [0.4, 0.5) is 5.69 Å². The number of nitrogens with one attached hydrogen (secondary N) is 1. The molecular formula is C14H8Cl5NO2. The number of amides is 1. The number of carbonyl (C=O) groups excluding carboxylic acids is 1. The highest BCUT2D eigenvalue weighted by Crippen LogP contribution is 2.33. The number of anilines is 1. The van der Waals surface area contributed by atoms with Crippen molar-refractivity contribution in [2.45, 2.75) is 0 Å². The molecule has 0 aliphatic heterocycles. The predicted octanol–water partition coefficient (Wildman–Crippen LogP) is 5.97. The van der Waals surface area contributed by atoms with Gasteiger partial charge in [-0.25, -0.2) is 0 Å². The van der Waals surface area contributed by atoms with Crippen molar-refractivity contribution in [3.8, 4) is 5.75 Å². The van der Waals surface area contributed by atoms with Crippen LogP contribution in [0.5, 0.6) is 5.75 Å². The van der Waals surface area contributed by atoms with Crippen molar-refractivity contribution >= 4 is 69.6 Å². The van der Waals surface area contributed by atoms with Crippen LogP contribution in [-0.2, 0) is 4.79 Å². The van der Waals surface area contributed by atoms with E-state index >= 15 is 0 Å². The van der Waals surface area contributed by atoms with Crippen LogP contribution >= 0.6 is 58.0 Å². The van der Waals surface area contributed by atoms with Gasteiger partial charge in [0.1, 0.15) is 5.75 Å². The highest BCUT2D eigenvalue weighted by atomic mass is 35.5. The van der Waals surface area contributed by atoms with Crippen LogP contribution in [0.2, 0.25) is 25.1 Å². The van der Waals surface area contributed by atoms with Crippen LogP contribution in [0.3, 0.4) is 0 Å². The summed E-state index contributed by atoms with van der Waals surface area (Å²) in [6, 6.07) is 7.64. The molecule has 0 saturated heterocycles. The lowest BCUT2D eigenvalue weighted by Crippen LogP contribution is -2.20. The van der Waals surface area contributed by atoms with Crippen LogP contribution in [0.25, 0.3) is 0 Å². The van der Waals surface area contributed by atoms with Gasteiger partial charge in [0.05, 0.1) is 25.8 Å². The van der Waals surface area contributed by atoms with E-state index in [1.807, 2.05) is 0 Å². The van der Waals surface area contributed by atoms with Crippen LogP contribution in [0.1, 0.15) is 0 Å². The molecule has 0 atom stereocenters. The lowest BCUT2D eigenvalue weighted by Gasteiger charge is -2.11. The van der Waals surface area contributed by atoms with Crippen molar-refractivity contribution in [2.75, 3.05) is 11.9 Å². The molecule has 0 heterocycles. The molecule has 2 rings (SSSR count). The summed E-state index contributed by atoms with van der Waals surface area (Å²) >= 11 is 29.4. The van der Waals surface area contributed by atoms with Crippen molar-refractivity contribution in [3.63, 3.8) is 0 Å². The molecule has 1 N–H and O–H groups in total. The molecule has 8 heteroatoms. The second-order valence-corrected chi connectivity index (χ2v) is 6.22. The van der Waals surface area contributed by atoms with E-state index in [0.29, 0.717) is 20.8 Å². The van der Waals surface area contributed by atoms with E-state index in [-0.39, 0.29) is 22.3 Å². The smallest absolute Gasteiger partial charge is 0.262 e. The molecule has 0 radical (unpaired) electrons. The number of hydrogen-bond acceptors (Lipinski definition) is 2. The van der Waals surface area contributed by atoms with Crippen molar-refractivity contribution in [1.29, 1.82) is 0 Å². The zero-order valence-corrected chi connectivity index (χ0v) is 14.6. The summed E-state index contributed by atoms with van der Waals surface area (Å²) < 4.78 is 5.31. The van der Waals surface area contributed by atoms with E-state index in [2.05, 4.69) is 5.32 Å². The van der Waals surface area contributed by atoms with E-state index in [9.17, 15) is 4.79 Å². The number of rotatable bonds is 4. The van der Waals surface area contributed by atoms with Gasteiger partial charge in [0, 0.05) is 11.1 Å². The highest BCUT2D eigenvalue weighted by molar-refractivity contribution is 6.42. The van der Waals surface area contributed by atoms with Crippen LogP contribution in [0.15, 0.2) is 30.3 Å². The quantitative estimate of drug-likeness (QED) is 0.688. The Labute approximate surface area is 152 Å². The first kappa shape index (κ1) is 17.5. The molecule has 0 bridgehead atoms. The first-order chi connectivity index (χ1) is 10.4. The maximum Gasteiger partial charge on any atom is 0.262 e. The minimum Gasteiger partial charge on any atom is -0.484 e. The monoisotopic (exact) mass is 397 g/mol. The molecule has 0 unspecified atom stereocenters. The Kier molecular flexibility index (Phi) is 6.07. The summed E-state index contributed by atoms with van der Waals surface area (Å²) in [7, 11) is 0. The maximum absolute atomic E-state index is 11.9. The van der Waals surface area contributed by atoms with Gasteiger partial charge in [-0.3, -0.25) is 4.79 Å². The third-order valence-corrected chi connectivity index (χ3v) is 4.09.